The van der Waals surface area contributed by atoms with Crippen LogP contribution >= 0.6 is 35.6 Å². The first-order chi connectivity index (χ1) is 21.8. The highest BCUT2D eigenvalue weighted by atomic mass is 35.5. The molecule has 1 amide bonds. The zero-order chi connectivity index (χ0) is 31.7. The van der Waals surface area contributed by atoms with E-state index >= 15 is 0 Å². The smallest absolute Gasteiger partial charge is 0.296 e. The average Bonchev–Trinajstić information content (AvgIpc) is 3.66. The fourth-order valence-electron chi connectivity index (χ4n) is 5.14. The van der Waals surface area contributed by atoms with Crippen molar-refractivity contribution in [1.29, 1.82) is 0 Å². The predicted molar refractivity (Wildman–Crippen MR) is 186 cm³/mol. The normalized spacial score (nSPS) is 14.1. The number of rotatable bonds is 9. The van der Waals surface area contributed by atoms with Gasteiger partial charge in [-0.1, -0.05) is 85.3 Å². The van der Waals surface area contributed by atoms with Crippen molar-refractivity contribution in [2.45, 2.75) is 26.7 Å². The summed E-state index contributed by atoms with van der Waals surface area (Å²) < 4.78 is 11.2. The van der Waals surface area contributed by atoms with Crippen LogP contribution in [0.5, 0.6) is 5.75 Å². The largest absolute Gasteiger partial charge is 0.492 e. The summed E-state index contributed by atoms with van der Waals surface area (Å²) in [7, 11) is 1.79. The molecule has 3 heterocycles. The average molecular weight is 656 g/mol. The molecular weight excluding hydrogens is 626 g/mol. The van der Waals surface area contributed by atoms with Crippen molar-refractivity contribution < 1.29 is 9.53 Å². The number of anilines is 1. The maximum absolute atomic E-state index is 14.0. The third-order valence-corrected chi connectivity index (χ3v) is 9.15. The quantitative estimate of drug-likeness (QED) is 0.0926. The molecule has 45 heavy (non-hydrogen) atoms. The number of aromatic nitrogens is 4. The minimum atomic E-state index is -0.368. The topological polar surface area (TPSA) is 74.3 Å². The van der Waals surface area contributed by atoms with E-state index in [-0.39, 0.29) is 21.5 Å². The van der Waals surface area contributed by atoms with Crippen LogP contribution in [0.25, 0.3) is 28.7 Å². The predicted octanol–water partition coefficient (Wildman–Crippen LogP) is 7.58. The highest BCUT2D eigenvalue weighted by Crippen LogP contribution is 2.38. The van der Waals surface area contributed by atoms with E-state index in [1.54, 1.807) is 29.4 Å². The van der Waals surface area contributed by atoms with E-state index in [1.165, 1.54) is 9.58 Å². The zero-order valence-corrected chi connectivity index (χ0v) is 27.3. The summed E-state index contributed by atoms with van der Waals surface area (Å²) in [4.78, 5) is 29.4. The number of carbonyl (C=O) groups is 1. The third-order valence-electron chi connectivity index (χ3n) is 7.55. The van der Waals surface area contributed by atoms with Crippen molar-refractivity contribution in [1.82, 2.24) is 19.1 Å². The van der Waals surface area contributed by atoms with Gasteiger partial charge in [-0.05, 0) is 61.9 Å². The monoisotopic (exact) mass is 655 g/mol. The molecule has 6 rings (SSSR count). The maximum atomic E-state index is 14.0. The SMILES string of the molecule is CCCCOc1ccc(-c2nn(-c3ccccc3)cc2C=C2SC(=S)N(c3c(C)n(C)n(-c4ccccc4)c3=O)C2=O)cc1Cl. The van der Waals surface area contributed by atoms with Gasteiger partial charge >= 0.3 is 0 Å². The van der Waals surface area contributed by atoms with E-state index in [1.807, 2.05) is 85.1 Å². The number of ether oxygens (including phenoxy) is 1. The lowest BCUT2D eigenvalue weighted by atomic mass is 10.1. The van der Waals surface area contributed by atoms with Crippen LogP contribution in [-0.4, -0.2) is 36.0 Å². The Morgan fingerprint density at radius 1 is 1.00 bits per heavy atom. The van der Waals surface area contributed by atoms with Gasteiger partial charge in [-0.15, -0.1) is 0 Å². The Hall–Kier alpha value is -4.38. The number of benzene rings is 3. The molecule has 11 heteroatoms. The summed E-state index contributed by atoms with van der Waals surface area (Å²) in [5, 5.41) is 5.36. The molecule has 2 aromatic heterocycles. The third kappa shape index (κ3) is 5.88. The highest BCUT2D eigenvalue weighted by molar-refractivity contribution is 8.27. The van der Waals surface area contributed by atoms with E-state index in [0.29, 0.717) is 44.9 Å². The van der Waals surface area contributed by atoms with Gasteiger partial charge in [-0.3, -0.25) is 19.2 Å². The molecule has 228 valence electrons. The van der Waals surface area contributed by atoms with Crippen LogP contribution in [-0.2, 0) is 11.8 Å². The first-order valence-electron chi connectivity index (χ1n) is 14.5. The fraction of sp³-hybridized carbons (Fsp3) is 0.176. The molecule has 5 aromatic rings. The van der Waals surface area contributed by atoms with Crippen LogP contribution in [0.1, 0.15) is 31.0 Å². The highest BCUT2D eigenvalue weighted by Gasteiger charge is 2.38. The molecule has 8 nitrogen and oxygen atoms in total. The summed E-state index contributed by atoms with van der Waals surface area (Å²) in [5.41, 5.74) is 4.18. The molecule has 0 spiro atoms. The number of unbranched alkanes of at least 4 members (excludes halogenated alkanes) is 1. The molecule has 1 aliphatic rings. The molecule has 0 saturated carbocycles. The van der Waals surface area contributed by atoms with Crippen molar-refractivity contribution in [3.05, 3.63) is 117 Å². The van der Waals surface area contributed by atoms with Crippen LogP contribution in [0.3, 0.4) is 0 Å². The number of halogens is 1. The molecule has 0 N–H and O–H groups in total. The molecule has 1 saturated heterocycles. The number of thioether (sulfide) groups is 1. The standard InChI is InChI=1S/C34H30ClN5O3S2/c1-4-5-18-43-28-17-16-23(19-27(28)35)30-24(21-38(36-30)25-12-8-6-9-13-25)20-29-32(41)39(34(44)45-29)31-22(2)37(3)40(33(31)42)26-14-10-7-11-15-26/h6-17,19-21H,4-5,18H2,1-3H3. The molecule has 0 aliphatic carbocycles. The number of hydrogen-bond acceptors (Lipinski definition) is 6. The molecule has 0 atom stereocenters. The lowest BCUT2D eigenvalue weighted by molar-refractivity contribution is -0.113. The summed E-state index contributed by atoms with van der Waals surface area (Å²) in [5.74, 6) is 0.241. The van der Waals surface area contributed by atoms with E-state index in [2.05, 4.69) is 6.92 Å². The van der Waals surface area contributed by atoms with Crippen molar-refractivity contribution in [3.8, 4) is 28.4 Å². The van der Waals surface area contributed by atoms with Crippen molar-refractivity contribution >= 4 is 57.6 Å². The number of nitrogens with zero attached hydrogens (tertiary/aromatic N) is 5. The number of hydrogen-bond donors (Lipinski definition) is 0. The second-order valence-corrected chi connectivity index (χ2v) is 12.6. The van der Waals surface area contributed by atoms with Crippen LogP contribution in [0, 0.1) is 6.92 Å². The van der Waals surface area contributed by atoms with E-state index in [0.717, 1.165) is 35.9 Å². The van der Waals surface area contributed by atoms with Crippen LogP contribution in [0.4, 0.5) is 5.69 Å². The molecule has 1 aliphatic heterocycles. The second-order valence-electron chi connectivity index (χ2n) is 10.5. The van der Waals surface area contributed by atoms with Gasteiger partial charge in [-0.25, -0.2) is 9.36 Å². The van der Waals surface area contributed by atoms with Crippen molar-refractivity contribution in [2.24, 2.45) is 7.05 Å². The van der Waals surface area contributed by atoms with Gasteiger partial charge in [0.2, 0.25) is 0 Å². The Morgan fingerprint density at radius 3 is 2.36 bits per heavy atom. The van der Waals surface area contributed by atoms with Gasteiger partial charge in [0.15, 0.2) is 4.32 Å². The van der Waals surface area contributed by atoms with Gasteiger partial charge < -0.3 is 4.74 Å². The van der Waals surface area contributed by atoms with E-state index in [4.69, 9.17) is 33.7 Å². The Balaban J connectivity index is 1.40. The Kier molecular flexibility index (Phi) is 8.80. The molecular formula is C34H30ClN5O3S2. The maximum Gasteiger partial charge on any atom is 0.296 e. The Bertz CT molecular complexity index is 2000. The van der Waals surface area contributed by atoms with Crippen molar-refractivity contribution in [2.75, 3.05) is 11.5 Å². The molecule has 1 fully saturated rings. The lowest BCUT2D eigenvalue weighted by Crippen LogP contribution is -2.33. The minimum absolute atomic E-state index is 0.234. The molecule has 3 aromatic carbocycles. The van der Waals surface area contributed by atoms with E-state index in [9.17, 15) is 9.59 Å². The van der Waals surface area contributed by atoms with Gasteiger partial charge in [-0.2, -0.15) is 5.10 Å². The number of para-hydroxylation sites is 2. The number of amides is 1. The number of thiocarbonyl (C=S) groups is 1. The molecule has 0 unspecified atom stereocenters. The minimum Gasteiger partial charge on any atom is -0.492 e. The van der Waals surface area contributed by atoms with Gasteiger partial charge in [0.1, 0.15) is 17.1 Å². The van der Waals surface area contributed by atoms with Gasteiger partial charge in [0.25, 0.3) is 11.5 Å². The van der Waals surface area contributed by atoms with Gasteiger partial charge in [0.05, 0.1) is 33.6 Å². The summed E-state index contributed by atoms with van der Waals surface area (Å²) in [6.45, 7) is 4.50. The molecule has 0 bridgehead atoms. The van der Waals surface area contributed by atoms with Gasteiger partial charge in [0, 0.05) is 24.4 Å². The summed E-state index contributed by atoms with van der Waals surface area (Å²) >= 11 is 13.5. The fourth-order valence-corrected chi connectivity index (χ4v) is 6.63. The second kappa shape index (κ2) is 12.9. The Labute approximate surface area is 275 Å². The first kappa shape index (κ1) is 30.6. The summed E-state index contributed by atoms with van der Waals surface area (Å²) in [6, 6.07) is 24.6. The zero-order valence-electron chi connectivity index (χ0n) is 24.9. The van der Waals surface area contributed by atoms with Crippen LogP contribution in [0.2, 0.25) is 5.02 Å². The Morgan fingerprint density at radius 2 is 1.69 bits per heavy atom. The van der Waals surface area contributed by atoms with Crippen molar-refractivity contribution in [3.63, 3.8) is 0 Å². The summed E-state index contributed by atoms with van der Waals surface area (Å²) in [6.07, 6.45) is 5.60. The van der Waals surface area contributed by atoms with Crippen LogP contribution in [0.15, 0.2) is 94.8 Å². The number of carbonyl (C=O) groups excluding carboxylic acids is 1. The van der Waals surface area contributed by atoms with Crippen LogP contribution < -0.4 is 15.2 Å². The van der Waals surface area contributed by atoms with E-state index < -0.39 is 0 Å². The first-order valence-corrected chi connectivity index (χ1v) is 16.1. The lowest BCUT2D eigenvalue weighted by Gasteiger charge is -2.12. The molecule has 0 radical (unpaired) electrons.